The summed E-state index contributed by atoms with van der Waals surface area (Å²) >= 11 is 0. The van der Waals surface area contributed by atoms with Crippen LogP contribution in [0.1, 0.15) is 40.7 Å². The molecule has 0 saturated heterocycles. The van der Waals surface area contributed by atoms with Crippen LogP contribution < -0.4 is 10.9 Å². The molecule has 0 radical (unpaired) electrons. The van der Waals surface area contributed by atoms with Gasteiger partial charge in [-0.05, 0) is 26.0 Å². The number of carbonyl (C=O) groups is 2. The molecule has 2 N–H and O–H groups in total. The van der Waals surface area contributed by atoms with Gasteiger partial charge in [0.1, 0.15) is 5.69 Å². The molecule has 2 aromatic heterocycles. The molecular weight excluding hydrogens is 372 g/mol. The van der Waals surface area contributed by atoms with Gasteiger partial charge in [-0.1, -0.05) is 30.3 Å². The Hall–Kier alpha value is -3.81. The second kappa shape index (κ2) is 8.05. The van der Waals surface area contributed by atoms with Crippen molar-refractivity contribution in [2.45, 2.75) is 19.9 Å². The number of aromatic nitrogens is 3. The Kier molecular flexibility index (Phi) is 5.54. The molecule has 3 aromatic rings. The van der Waals surface area contributed by atoms with Gasteiger partial charge in [0.25, 0.3) is 11.5 Å². The summed E-state index contributed by atoms with van der Waals surface area (Å²) in [5.74, 6) is -1.89. The van der Waals surface area contributed by atoms with Crippen molar-refractivity contribution in [2.24, 2.45) is 0 Å². The molecule has 0 fully saturated rings. The van der Waals surface area contributed by atoms with Crippen molar-refractivity contribution in [1.82, 2.24) is 20.1 Å². The molecule has 29 heavy (non-hydrogen) atoms. The highest BCUT2D eigenvalue weighted by Gasteiger charge is 2.23. The Bertz CT molecular complexity index is 1140. The normalized spacial score (nSPS) is 10.8. The van der Waals surface area contributed by atoms with Gasteiger partial charge < -0.3 is 10.4 Å². The smallest absolute Gasteiger partial charge is 0.338 e. The quantitative estimate of drug-likeness (QED) is 0.690. The van der Waals surface area contributed by atoms with Crippen LogP contribution in [-0.2, 0) is 0 Å². The molecule has 2 heterocycles. The molecule has 0 aliphatic carbocycles. The summed E-state index contributed by atoms with van der Waals surface area (Å²) in [6.45, 7) is 3.65. The number of hydrogen-bond donors (Lipinski definition) is 2. The highest BCUT2D eigenvalue weighted by molar-refractivity contribution is 6.05. The second-order valence-corrected chi connectivity index (χ2v) is 6.63. The van der Waals surface area contributed by atoms with Crippen LogP contribution in [0.25, 0.3) is 22.5 Å². The van der Waals surface area contributed by atoms with Gasteiger partial charge >= 0.3 is 5.97 Å². The third-order valence-electron chi connectivity index (χ3n) is 4.33. The average Bonchev–Trinajstić information content (AvgIpc) is 2.73. The van der Waals surface area contributed by atoms with Crippen molar-refractivity contribution < 1.29 is 14.7 Å². The van der Waals surface area contributed by atoms with Gasteiger partial charge in [0, 0.05) is 24.2 Å². The zero-order chi connectivity index (χ0) is 21.1. The van der Waals surface area contributed by atoms with Crippen LogP contribution in [0.15, 0.2) is 53.3 Å². The maximum absolute atomic E-state index is 12.3. The minimum Gasteiger partial charge on any atom is -0.478 e. The fraction of sp³-hybridized carbons (Fsp3) is 0.190. The minimum absolute atomic E-state index is 0.181. The molecular formula is C21H20N4O4. The van der Waals surface area contributed by atoms with Crippen molar-refractivity contribution >= 4 is 11.9 Å². The van der Waals surface area contributed by atoms with E-state index in [0.717, 1.165) is 0 Å². The van der Waals surface area contributed by atoms with E-state index in [1.807, 2.05) is 32.0 Å². The number of carboxylic acids is 1. The molecule has 148 valence electrons. The Balaban J connectivity index is 2.37. The monoisotopic (exact) mass is 392 g/mol. The highest BCUT2D eigenvalue weighted by Crippen LogP contribution is 2.31. The first-order valence-electron chi connectivity index (χ1n) is 8.99. The number of pyridine rings is 1. The summed E-state index contributed by atoms with van der Waals surface area (Å²) in [7, 11) is 1.41. The maximum Gasteiger partial charge on any atom is 0.338 e. The van der Waals surface area contributed by atoms with E-state index in [0.29, 0.717) is 22.5 Å². The predicted molar refractivity (Wildman–Crippen MR) is 108 cm³/mol. The molecule has 3 rings (SSSR count). The summed E-state index contributed by atoms with van der Waals surface area (Å²) in [6.07, 6.45) is 0. The Labute approximate surface area is 166 Å². The lowest BCUT2D eigenvalue weighted by Gasteiger charge is -2.15. The maximum atomic E-state index is 12.3. The average molecular weight is 392 g/mol. The van der Waals surface area contributed by atoms with E-state index in [-0.39, 0.29) is 22.9 Å². The zero-order valence-electron chi connectivity index (χ0n) is 16.2. The molecule has 1 aromatic carbocycles. The van der Waals surface area contributed by atoms with E-state index in [1.54, 1.807) is 12.1 Å². The van der Waals surface area contributed by atoms with E-state index in [2.05, 4.69) is 15.4 Å². The van der Waals surface area contributed by atoms with Crippen molar-refractivity contribution in [3.8, 4) is 22.5 Å². The van der Waals surface area contributed by atoms with Crippen LogP contribution in [0.5, 0.6) is 0 Å². The lowest BCUT2D eigenvalue weighted by molar-refractivity contribution is 0.0690. The fourth-order valence-corrected chi connectivity index (χ4v) is 2.92. The lowest BCUT2D eigenvalue weighted by atomic mass is 9.99. The molecule has 0 atom stereocenters. The molecule has 0 bridgehead atoms. The number of benzene rings is 1. The number of carboxylic acid groups (broad SMARTS) is 1. The Morgan fingerprint density at radius 1 is 1.10 bits per heavy atom. The molecule has 0 aliphatic rings. The molecule has 8 heteroatoms. The van der Waals surface area contributed by atoms with E-state index >= 15 is 0 Å². The highest BCUT2D eigenvalue weighted by atomic mass is 16.4. The van der Waals surface area contributed by atoms with Gasteiger partial charge in [0.2, 0.25) is 0 Å². The molecule has 0 aliphatic heterocycles. The molecule has 1 amide bonds. The largest absolute Gasteiger partial charge is 0.478 e. The molecule has 8 nitrogen and oxygen atoms in total. The number of nitrogens with zero attached hydrogens (tertiary/aromatic N) is 3. The van der Waals surface area contributed by atoms with Gasteiger partial charge in [0.15, 0.2) is 0 Å². The first-order valence-corrected chi connectivity index (χ1v) is 8.99. The Morgan fingerprint density at radius 3 is 2.38 bits per heavy atom. The SMILES string of the molecule is CNC(=O)c1nc(-c2ccccc2)c(-c2ccc(=O)n(C(C)C)n2)cc1C(=O)O. The van der Waals surface area contributed by atoms with Gasteiger partial charge in [-0.3, -0.25) is 9.59 Å². The molecule has 0 unspecified atom stereocenters. The van der Waals surface area contributed by atoms with Gasteiger partial charge in [-0.15, -0.1) is 0 Å². The van der Waals surface area contributed by atoms with E-state index < -0.39 is 11.9 Å². The van der Waals surface area contributed by atoms with Crippen LogP contribution in [0.3, 0.4) is 0 Å². The van der Waals surface area contributed by atoms with E-state index in [1.165, 1.54) is 29.9 Å². The molecule has 0 spiro atoms. The number of rotatable bonds is 5. The predicted octanol–water partition coefficient (Wildman–Crippen LogP) is 2.61. The second-order valence-electron chi connectivity index (χ2n) is 6.63. The first-order chi connectivity index (χ1) is 13.8. The van der Waals surface area contributed by atoms with Crippen molar-refractivity contribution in [1.29, 1.82) is 0 Å². The van der Waals surface area contributed by atoms with E-state index in [4.69, 9.17) is 0 Å². The molecule has 0 saturated carbocycles. The van der Waals surface area contributed by atoms with Crippen LogP contribution in [0.4, 0.5) is 0 Å². The number of amides is 1. The number of nitrogens with one attached hydrogen (secondary N) is 1. The van der Waals surface area contributed by atoms with Gasteiger partial charge in [0.05, 0.1) is 23.0 Å². The topological polar surface area (TPSA) is 114 Å². The van der Waals surface area contributed by atoms with Crippen LogP contribution in [0, 0.1) is 0 Å². The third kappa shape index (κ3) is 3.91. The van der Waals surface area contributed by atoms with Crippen LogP contribution in [-0.4, -0.2) is 38.8 Å². The lowest BCUT2D eigenvalue weighted by Crippen LogP contribution is -2.25. The van der Waals surface area contributed by atoms with Crippen molar-refractivity contribution in [2.75, 3.05) is 7.05 Å². The van der Waals surface area contributed by atoms with Crippen LogP contribution in [0.2, 0.25) is 0 Å². The fourth-order valence-electron chi connectivity index (χ4n) is 2.92. The first kappa shape index (κ1) is 19.9. The summed E-state index contributed by atoms with van der Waals surface area (Å²) in [4.78, 5) is 40.5. The van der Waals surface area contributed by atoms with E-state index in [9.17, 15) is 19.5 Å². The standard InChI is InChI=1S/C21H20N4O4/c1-12(2)25-17(26)10-9-16(24-25)14-11-15(21(28)29)19(20(27)22-3)23-18(14)13-7-5-4-6-8-13/h4-12H,1-3H3,(H,22,27)(H,28,29). The minimum atomic E-state index is -1.28. The number of hydrogen-bond acceptors (Lipinski definition) is 5. The third-order valence-corrected chi connectivity index (χ3v) is 4.33. The number of carbonyl (C=O) groups excluding carboxylic acids is 1. The number of aromatic carboxylic acids is 1. The zero-order valence-corrected chi connectivity index (χ0v) is 16.2. The van der Waals surface area contributed by atoms with Crippen molar-refractivity contribution in [3.05, 3.63) is 70.1 Å². The van der Waals surface area contributed by atoms with Crippen molar-refractivity contribution in [3.63, 3.8) is 0 Å². The summed E-state index contributed by atoms with van der Waals surface area (Å²) in [5, 5.41) is 16.4. The summed E-state index contributed by atoms with van der Waals surface area (Å²) in [5.41, 5.74) is 1.18. The van der Waals surface area contributed by atoms with Crippen LogP contribution >= 0.6 is 0 Å². The van der Waals surface area contributed by atoms with Gasteiger partial charge in [-0.2, -0.15) is 5.10 Å². The van der Waals surface area contributed by atoms with Gasteiger partial charge in [-0.25, -0.2) is 14.5 Å². The Morgan fingerprint density at radius 2 is 1.79 bits per heavy atom. The summed E-state index contributed by atoms with van der Waals surface area (Å²) in [6, 6.07) is 13.2. The summed E-state index contributed by atoms with van der Waals surface area (Å²) < 4.78 is 1.32.